The van der Waals surface area contributed by atoms with Gasteiger partial charge in [-0.3, -0.25) is 0 Å². The molecular formula is C12H17Cl2NO2. The lowest BCUT2D eigenvalue weighted by atomic mass is 10.3. The first-order chi connectivity index (χ1) is 8.24. The van der Waals surface area contributed by atoms with Gasteiger partial charge in [-0.05, 0) is 24.6 Å². The summed E-state index contributed by atoms with van der Waals surface area (Å²) >= 11 is 11.8. The van der Waals surface area contributed by atoms with Gasteiger partial charge in [-0.15, -0.1) is 0 Å². The molecule has 17 heavy (non-hydrogen) atoms. The van der Waals surface area contributed by atoms with E-state index in [4.69, 9.17) is 32.7 Å². The summed E-state index contributed by atoms with van der Waals surface area (Å²) in [7, 11) is 1.68. The van der Waals surface area contributed by atoms with Crippen molar-refractivity contribution < 1.29 is 9.47 Å². The lowest BCUT2D eigenvalue weighted by Crippen LogP contribution is -2.11. The van der Waals surface area contributed by atoms with Crippen molar-refractivity contribution in [3.63, 3.8) is 0 Å². The summed E-state index contributed by atoms with van der Waals surface area (Å²) in [6.45, 7) is 2.80. The Morgan fingerprint density at radius 1 is 1.18 bits per heavy atom. The molecule has 96 valence electrons. The van der Waals surface area contributed by atoms with Crippen molar-refractivity contribution in [2.24, 2.45) is 0 Å². The number of hydrogen-bond donors (Lipinski definition) is 1. The van der Waals surface area contributed by atoms with E-state index in [2.05, 4.69) is 5.32 Å². The van der Waals surface area contributed by atoms with Crippen molar-refractivity contribution in [2.75, 3.05) is 38.8 Å². The SMILES string of the molecule is COCCCOCCNc1ccc(Cl)cc1Cl. The Kier molecular flexibility index (Phi) is 7.37. The van der Waals surface area contributed by atoms with Crippen molar-refractivity contribution in [3.8, 4) is 0 Å². The van der Waals surface area contributed by atoms with Crippen LogP contribution in [0.15, 0.2) is 18.2 Å². The smallest absolute Gasteiger partial charge is 0.0652 e. The number of benzene rings is 1. The summed E-state index contributed by atoms with van der Waals surface area (Å²) in [5.41, 5.74) is 0.872. The van der Waals surface area contributed by atoms with Gasteiger partial charge >= 0.3 is 0 Å². The number of ether oxygens (including phenoxy) is 2. The number of anilines is 1. The Balaban J connectivity index is 2.14. The fourth-order valence-electron chi connectivity index (χ4n) is 1.30. The fraction of sp³-hybridized carbons (Fsp3) is 0.500. The molecule has 0 fully saturated rings. The van der Waals surface area contributed by atoms with Gasteiger partial charge in [0.25, 0.3) is 0 Å². The first-order valence-electron chi connectivity index (χ1n) is 5.49. The van der Waals surface area contributed by atoms with Gasteiger partial charge in [-0.25, -0.2) is 0 Å². The zero-order chi connectivity index (χ0) is 12.5. The molecule has 0 aliphatic heterocycles. The monoisotopic (exact) mass is 277 g/mol. The molecule has 0 spiro atoms. The number of hydrogen-bond acceptors (Lipinski definition) is 3. The minimum atomic E-state index is 0.622. The van der Waals surface area contributed by atoms with Crippen molar-refractivity contribution in [1.29, 1.82) is 0 Å². The second-order valence-corrected chi connectivity index (χ2v) is 4.35. The van der Waals surface area contributed by atoms with Crippen LogP contribution in [0.1, 0.15) is 6.42 Å². The first-order valence-corrected chi connectivity index (χ1v) is 6.25. The molecule has 0 radical (unpaired) electrons. The van der Waals surface area contributed by atoms with E-state index in [1.165, 1.54) is 0 Å². The maximum atomic E-state index is 6.01. The van der Waals surface area contributed by atoms with Gasteiger partial charge in [0.2, 0.25) is 0 Å². The number of rotatable bonds is 8. The summed E-state index contributed by atoms with van der Waals surface area (Å²) < 4.78 is 10.3. The van der Waals surface area contributed by atoms with Gasteiger partial charge in [-0.2, -0.15) is 0 Å². The quantitative estimate of drug-likeness (QED) is 0.739. The van der Waals surface area contributed by atoms with Crippen LogP contribution >= 0.6 is 23.2 Å². The molecule has 5 heteroatoms. The highest BCUT2D eigenvalue weighted by Gasteiger charge is 1.99. The average molecular weight is 278 g/mol. The zero-order valence-electron chi connectivity index (χ0n) is 9.84. The van der Waals surface area contributed by atoms with Crippen LogP contribution < -0.4 is 5.32 Å². The average Bonchev–Trinajstić information content (AvgIpc) is 2.30. The second-order valence-electron chi connectivity index (χ2n) is 3.51. The summed E-state index contributed by atoms with van der Waals surface area (Å²) in [6.07, 6.45) is 0.915. The Labute approximate surface area is 112 Å². The Hall–Kier alpha value is -0.480. The van der Waals surface area contributed by atoms with Crippen molar-refractivity contribution in [1.82, 2.24) is 0 Å². The molecule has 0 heterocycles. The minimum Gasteiger partial charge on any atom is -0.385 e. The van der Waals surface area contributed by atoms with Crippen LogP contribution in [-0.2, 0) is 9.47 Å². The van der Waals surface area contributed by atoms with E-state index in [-0.39, 0.29) is 0 Å². The predicted octanol–water partition coefficient (Wildman–Crippen LogP) is 3.46. The molecule has 3 nitrogen and oxygen atoms in total. The highest BCUT2D eigenvalue weighted by Crippen LogP contribution is 2.24. The predicted molar refractivity (Wildman–Crippen MR) is 72.3 cm³/mol. The molecular weight excluding hydrogens is 261 g/mol. The standard InChI is InChI=1S/C12H17Cl2NO2/c1-16-6-2-7-17-8-5-15-12-4-3-10(13)9-11(12)14/h3-4,9,15H,2,5-8H2,1H3. The largest absolute Gasteiger partial charge is 0.385 e. The maximum Gasteiger partial charge on any atom is 0.0652 e. The topological polar surface area (TPSA) is 30.5 Å². The molecule has 0 aliphatic carbocycles. The molecule has 1 N–H and O–H groups in total. The van der Waals surface area contributed by atoms with Crippen LogP contribution in [-0.4, -0.2) is 33.5 Å². The highest BCUT2D eigenvalue weighted by molar-refractivity contribution is 6.36. The second kappa shape index (κ2) is 8.59. The Bertz CT molecular complexity index is 334. The third kappa shape index (κ3) is 6.13. The third-order valence-corrected chi connectivity index (χ3v) is 2.68. The minimum absolute atomic E-state index is 0.622. The van der Waals surface area contributed by atoms with Crippen molar-refractivity contribution >= 4 is 28.9 Å². The molecule has 0 saturated carbocycles. The van der Waals surface area contributed by atoms with Gasteiger partial charge in [0.05, 0.1) is 17.3 Å². The normalized spacial score (nSPS) is 10.5. The number of methoxy groups -OCH3 is 1. The van der Waals surface area contributed by atoms with E-state index in [9.17, 15) is 0 Å². The molecule has 0 aromatic heterocycles. The van der Waals surface area contributed by atoms with Crippen LogP contribution in [0.2, 0.25) is 10.0 Å². The number of nitrogens with one attached hydrogen (secondary N) is 1. The summed E-state index contributed by atoms with van der Waals surface area (Å²) in [6, 6.07) is 5.37. The van der Waals surface area contributed by atoms with Crippen molar-refractivity contribution in [2.45, 2.75) is 6.42 Å². The van der Waals surface area contributed by atoms with E-state index in [0.717, 1.165) is 18.7 Å². The first kappa shape index (κ1) is 14.6. The Morgan fingerprint density at radius 3 is 2.71 bits per heavy atom. The Morgan fingerprint density at radius 2 is 2.00 bits per heavy atom. The van der Waals surface area contributed by atoms with Crippen LogP contribution in [0, 0.1) is 0 Å². The molecule has 0 saturated heterocycles. The van der Waals surface area contributed by atoms with Gasteiger partial charge in [0.15, 0.2) is 0 Å². The van der Waals surface area contributed by atoms with Gasteiger partial charge in [0, 0.05) is 31.9 Å². The van der Waals surface area contributed by atoms with E-state index >= 15 is 0 Å². The lowest BCUT2D eigenvalue weighted by Gasteiger charge is -2.09. The van der Waals surface area contributed by atoms with Crippen molar-refractivity contribution in [3.05, 3.63) is 28.2 Å². The fourth-order valence-corrected chi connectivity index (χ4v) is 1.77. The zero-order valence-corrected chi connectivity index (χ0v) is 11.4. The molecule has 1 aromatic rings. The molecule has 0 bridgehead atoms. The molecule has 1 aromatic carbocycles. The molecule has 0 amide bonds. The summed E-state index contributed by atoms with van der Waals surface area (Å²) in [5, 5.41) is 4.44. The van der Waals surface area contributed by atoms with Gasteiger partial charge < -0.3 is 14.8 Å². The summed E-state index contributed by atoms with van der Waals surface area (Å²) in [4.78, 5) is 0. The van der Waals surface area contributed by atoms with E-state index in [1.807, 2.05) is 6.07 Å². The molecule has 0 unspecified atom stereocenters. The van der Waals surface area contributed by atoms with Crippen LogP contribution in [0.4, 0.5) is 5.69 Å². The maximum absolute atomic E-state index is 6.01. The van der Waals surface area contributed by atoms with Gasteiger partial charge in [0.1, 0.15) is 0 Å². The van der Waals surface area contributed by atoms with Crippen LogP contribution in [0.5, 0.6) is 0 Å². The molecule has 0 aliphatic rings. The van der Waals surface area contributed by atoms with E-state index in [0.29, 0.717) is 29.8 Å². The van der Waals surface area contributed by atoms with E-state index < -0.39 is 0 Å². The van der Waals surface area contributed by atoms with Crippen LogP contribution in [0.25, 0.3) is 0 Å². The van der Waals surface area contributed by atoms with Crippen LogP contribution in [0.3, 0.4) is 0 Å². The molecule has 1 rings (SSSR count). The third-order valence-electron chi connectivity index (χ3n) is 2.13. The lowest BCUT2D eigenvalue weighted by molar-refractivity contribution is 0.109. The number of halogens is 2. The molecule has 0 atom stereocenters. The highest BCUT2D eigenvalue weighted by atomic mass is 35.5. The summed E-state index contributed by atoms with van der Waals surface area (Å²) in [5.74, 6) is 0. The van der Waals surface area contributed by atoms with Gasteiger partial charge in [-0.1, -0.05) is 23.2 Å². The van der Waals surface area contributed by atoms with E-state index in [1.54, 1.807) is 19.2 Å².